The molecule has 16 heavy (non-hydrogen) atoms. The van der Waals surface area contributed by atoms with E-state index >= 15 is 0 Å². The fraction of sp³-hybridized carbons (Fsp3) is 0.917. The van der Waals surface area contributed by atoms with Gasteiger partial charge in [0, 0.05) is 18.6 Å². The first kappa shape index (κ1) is 13.5. The van der Waals surface area contributed by atoms with Crippen molar-refractivity contribution in [2.45, 2.75) is 39.3 Å². The Bertz CT molecular complexity index is 230. The second kappa shape index (κ2) is 6.21. The van der Waals surface area contributed by atoms with Crippen molar-refractivity contribution in [3.05, 3.63) is 0 Å². The predicted molar refractivity (Wildman–Crippen MR) is 66.3 cm³/mol. The maximum atomic E-state index is 11.7. The summed E-state index contributed by atoms with van der Waals surface area (Å²) in [6.45, 7) is 8.87. The fourth-order valence-corrected chi connectivity index (χ4v) is 2.12. The minimum Gasteiger partial charge on any atom is -0.352 e. The van der Waals surface area contributed by atoms with Gasteiger partial charge in [-0.15, -0.1) is 0 Å². The quantitative estimate of drug-likeness (QED) is 0.732. The summed E-state index contributed by atoms with van der Waals surface area (Å²) < 4.78 is 0. The molecule has 0 aliphatic carbocycles. The number of carbonyl (C=O) groups excluding carboxylic acids is 1. The molecule has 0 aromatic carbocycles. The molecule has 0 aromatic rings. The molecule has 1 aliphatic rings. The largest absolute Gasteiger partial charge is 0.352 e. The molecule has 0 saturated carbocycles. The van der Waals surface area contributed by atoms with Crippen LogP contribution in [0.5, 0.6) is 0 Å². The number of nitrogens with one attached hydrogen (secondary N) is 2. The molecule has 2 unspecified atom stereocenters. The van der Waals surface area contributed by atoms with Gasteiger partial charge in [0.05, 0.1) is 6.54 Å². The Hall–Kier alpha value is -0.610. The van der Waals surface area contributed by atoms with Crippen LogP contribution in [0.3, 0.4) is 0 Å². The number of carbonyl (C=O) groups is 1. The van der Waals surface area contributed by atoms with Crippen molar-refractivity contribution >= 4 is 5.91 Å². The molecule has 0 aromatic heterocycles. The van der Waals surface area contributed by atoms with Crippen LogP contribution < -0.4 is 10.6 Å². The Balaban J connectivity index is 2.28. The second-order valence-electron chi connectivity index (χ2n) is 5.24. The number of hydrogen-bond acceptors (Lipinski definition) is 3. The fourth-order valence-electron chi connectivity index (χ4n) is 2.12. The van der Waals surface area contributed by atoms with Crippen LogP contribution in [0.1, 0.15) is 27.2 Å². The van der Waals surface area contributed by atoms with Gasteiger partial charge in [-0.2, -0.15) is 0 Å². The average Bonchev–Trinajstić information content (AvgIpc) is 2.19. The molecule has 1 fully saturated rings. The number of likely N-dealkylation sites (tertiary alicyclic amines) is 1. The van der Waals surface area contributed by atoms with Crippen molar-refractivity contribution in [2.24, 2.45) is 5.92 Å². The second-order valence-corrected chi connectivity index (χ2v) is 5.24. The van der Waals surface area contributed by atoms with Gasteiger partial charge >= 0.3 is 0 Å². The van der Waals surface area contributed by atoms with Gasteiger partial charge in [-0.05, 0) is 25.9 Å². The molecule has 1 amide bonds. The van der Waals surface area contributed by atoms with Crippen molar-refractivity contribution in [1.29, 1.82) is 0 Å². The lowest BCUT2D eigenvalue weighted by molar-refractivity contribution is -0.121. The zero-order chi connectivity index (χ0) is 12.1. The van der Waals surface area contributed by atoms with Crippen LogP contribution in [0.25, 0.3) is 0 Å². The summed E-state index contributed by atoms with van der Waals surface area (Å²) in [4.78, 5) is 14.0. The van der Waals surface area contributed by atoms with Gasteiger partial charge in [0.2, 0.25) is 5.91 Å². The van der Waals surface area contributed by atoms with E-state index in [1.54, 1.807) is 0 Å². The molecule has 0 bridgehead atoms. The van der Waals surface area contributed by atoms with Crippen molar-refractivity contribution in [3.63, 3.8) is 0 Å². The SMILES string of the molecule is CC(C)NCC(=O)NC1CCN(C)CC1C. The highest BCUT2D eigenvalue weighted by Crippen LogP contribution is 2.14. The Morgan fingerprint density at radius 2 is 2.19 bits per heavy atom. The molecule has 4 heteroatoms. The zero-order valence-corrected chi connectivity index (χ0v) is 10.9. The normalized spacial score (nSPS) is 27.1. The topological polar surface area (TPSA) is 44.4 Å². The Labute approximate surface area is 98.8 Å². The lowest BCUT2D eigenvalue weighted by Crippen LogP contribution is -2.51. The number of amides is 1. The van der Waals surface area contributed by atoms with E-state index in [1.807, 2.05) is 13.8 Å². The van der Waals surface area contributed by atoms with E-state index < -0.39 is 0 Å². The monoisotopic (exact) mass is 227 g/mol. The van der Waals surface area contributed by atoms with Gasteiger partial charge in [0.25, 0.3) is 0 Å². The summed E-state index contributed by atoms with van der Waals surface area (Å²) >= 11 is 0. The highest BCUT2D eigenvalue weighted by Gasteiger charge is 2.25. The van der Waals surface area contributed by atoms with E-state index in [2.05, 4.69) is 29.5 Å². The predicted octanol–water partition coefficient (Wildman–Crippen LogP) is 0.441. The van der Waals surface area contributed by atoms with Gasteiger partial charge in [-0.25, -0.2) is 0 Å². The smallest absolute Gasteiger partial charge is 0.234 e. The minimum atomic E-state index is 0.120. The van der Waals surface area contributed by atoms with E-state index in [-0.39, 0.29) is 5.91 Å². The Kier molecular flexibility index (Phi) is 5.22. The molecule has 1 saturated heterocycles. The number of hydrogen-bond donors (Lipinski definition) is 2. The highest BCUT2D eigenvalue weighted by atomic mass is 16.2. The van der Waals surface area contributed by atoms with Gasteiger partial charge < -0.3 is 15.5 Å². The molecular formula is C12H25N3O. The third-order valence-electron chi connectivity index (χ3n) is 3.13. The maximum Gasteiger partial charge on any atom is 0.234 e. The standard InChI is InChI=1S/C12H25N3O/c1-9(2)13-7-12(16)14-11-5-6-15(4)8-10(11)3/h9-11,13H,5-8H2,1-4H3,(H,14,16). The van der Waals surface area contributed by atoms with E-state index in [9.17, 15) is 4.79 Å². The summed E-state index contributed by atoms with van der Waals surface area (Å²) in [6, 6.07) is 0.707. The van der Waals surface area contributed by atoms with E-state index in [0.717, 1.165) is 19.5 Å². The van der Waals surface area contributed by atoms with E-state index in [4.69, 9.17) is 0 Å². The first-order valence-electron chi connectivity index (χ1n) is 6.20. The van der Waals surface area contributed by atoms with Crippen LogP contribution in [0.4, 0.5) is 0 Å². The van der Waals surface area contributed by atoms with Gasteiger partial charge in [0.15, 0.2) is 0 Å². The third kappa shape index (κ3) is 4.49. The number of rotatable bonds is 4. The maximum absolute atomic E-state index is 11.7. The van der Waals surface area contributed by atoms with Crippen LogP contribution in [0.15, 0.2) is 0 Å². The average molecular weight is 227 g/mol. The molecule has 0 radical (unpaired) electrons. The first-order valence-corrected chi connectivity index (χ1v) is 6.20. The van der Waals surface area contributed by atoms with Gasteiger partial charge in [-0.3, -0.25) is 4.79 Å². The zero-order valence-electron chi connectivity index (χ0n) is 10.9. The van der Waals surface area contributed by atoms with Crippen molar-refractivity contribution in [3.8, 4) is 0 Å². The Morgan fingerprint density at radius 1 is 1.50 bits per heavy atom. The lowest BCUT2D eigenvalue weighted by atomic mass is 9.94. The van der Waals surface area contributed by atoms with Gasteiger partial charge in [-0.1, -0.05) is 20.8 Å². The molecule has 94 valence electrons. The van der Waals surface area contributed by atoms with Crippen LogP contribution in [0.2, 0.25) is 0 Å². The molecular weight excluding hydrogens is 202 g/mol. The molecule has 2 atom stereocenters. The van der Waals surface area contributed by atoms with E-state index in [0.29, 0.717) is 24.5 Å². The van der Waals surface area contributed by atoms with Crippen molar-refractivity contribution in [1.82, 2.24) is 15.5 Å². The summed E-state index contributed by atoms with van der Waals surface area (Å²) in [5.41, 5.74) is 0. The van der Waals surface area contributed by atoms with Crippen LogP contribution in [-0.4, -0.2) is 49.6 Å². The van der Waals surface area contributed by atoms with E-state index in [1.165, 1.54) is 0 Å². The van der Waals surface area contributed by atoms with Crippen LogP contribution in [0, 0.1) is 5.92 Å². The molecule has 4 nitrogen and oxygen atoms in total. The van der Waals surface area contributed by atoms with Crippen molar-refractivity contribution in [2.75, 3.05) is 26.7 Å². The first-order chi connectivity index (χ1) is 7.49. The molecule has 1 aliphatic heterocycles. The minimum absolute atomic E-state index is 0.120. The van der Waals surface area contributed by atoms with Gasteiger partial charge in [0.1, 0.15) is 0 Å². The van der Waals surface area contributed by atoms with Crippen molar-refractivity contribution < 1.29 is 4.79 Å². The molecule has 0 spiro atoms. The Morgan fingerprint density at radius 3 is 2.75 bits per heavy atom. The lowest BCUT2D eigenvalue weighted by Gasteiger charge is -2.35. The third-order valence-corrected chi connectivity index (χ3v) is 3.13. The van der Waals surface area contributed by atoms with Crippen LogP contribution in [-0.2, 0) is 4.79 Å². The highest BCUT2D eigenvalue weighted by molar-refractivity contribution is 5.78. The number of nitrogens with zero attached hydrogens (tertiary/aromatic N) is 1. The summed E-state index contributed by atoms with van der Waals surface area (Å²) in [6.07, 6.45) is 1.06. The summed E-state index contributed by atoms with van der Waals surface area (Å²) in [5.74, 6) is 0.664. The molecule has 1 heterocycles. The molecule has 1 rings (SSSR count). The summed E-state index contributed by atoms with van der Waals surface area (Å²) in [7, 11) is 2.13. The summed E-state index contributed by atoms with van der Waals surface area (Å²) in [5, 5.41) is 6.25. The van der Waals surface area contributed by atoms with Crippen LogP contribution >= 0.6 is 0 Å². The molecule has 2 N–H and O–H groups in total. The number of piperidine rings is 1.